The van der Waals surface area contributed by atoms with E-state index in [-0.39, 0.29) is 6.42 Å². The average molecular weight is 254 g/mol. The zero-order chi connectivity index (χ0) is 12.5. The van der Waals surface area contributed by atoms with Gasteiger partial charge in [-0.3, -0.25) is 4.79 Å². The second-order valence-corrected chi connectivity index (χ2v) is 5.01. The quantitative estimate of drug-likeness (QED) is 0.725. The van der Waals surface area contributed by atoms with Crippen LogP contribution < -0.4 is 4.74 Å². The SMILES string of the molecule is CCSCCCOc1ccc(CC(=O)O)cc1. The third kappa shape index (κ3) is 6.22. The van der Waals surface area contributed by atoms with Crippen molar-refractivity contribution in [1.82, 2.24) is 0 Å². The Morgan fingerprint density at radius 3 is 2.65 bits per heavy atom. The average Bonchev–Trinajstić information content (AvgIpc) is 2.30. The summed E-state index contributed by atoms with van der Waals surface area (Å²) in [5, 5.41) is 8.63. The van der Waals surface area contributed by atoms with Crippen LogP contribution in [0.3, 0.4) is 0 Å². The molecule has 0 aliphatic heterocycles. The summed E-state index contributed by atoms with van der Waals surface area (Å²) in [4.78, 5) is 10.5. The molecule has 0 aliphatic rings. The first-order chi connectivity index (χ1) is 8.22. The van der Waals surface area contributed by atoms with Gasteiger partial charge in [0.05, 0.1) is 13.0 Å². The molecule has 0 unspecified atom stereocenters. The Hall–Kier alpha value is -1.16. The summed E-state index contributed by atoms with van der Waals surface area (Å²) in [5.41, 5.74) is 0.798. The molecule has 1 aromatic rings. The van der Waals surface area contributed by atoms with Gasteiger partial charge in [0, 0.05) is 0 Å². The van der Waals surface area contributed by atoms with Gasteiger partial charge in [-0.2, -0.15) is 11.8 Å². The standard InChI is InChI=1S/C13H18O3S/c1-2-17-9-3-8-16-12-6-4-11(5-7-12)10-13(14)15/h4-7H,2-3,8-10H2,1H3,(H,14,15). The maximum absolute atomic E-state index is 10.5. The summed E-state index contributed by atoms with van der Waals surface area (Å²) in [5.74, 6) is 2.26. The fourth-order valence-electron chi connectivity index (χ4n) is 1.37. The topological polar surface area (TPSA) is 46.5 Å². The van der Waals surface area contributed by atoms with Gasteiger partial charge in [0.1, 0.15) is 5.75 Å². The van der Waals surface area contributed by atoms with Gasteiger partial charge in [0.25, 0.3) is 0 Å². The minimum Gasteiger partial charge on any atom is -0.494 e. The third-order valence-electron chi connectivity index (χ3n) is 2.18. The van der Waals surface area contributed by atoms with E-state index in [4.69, 9.17) is 9.84 Å². The molecule has 0 saturated heterocycles. The van der Waals surface area contributed by atoms with Gasteiger partial charge in [-0.05, 0) is 35.6 Å². The van der Waals surface area contributed by atoms with Gasteiger partial charge < -0.3 is 9.84 Å². The van der Waals surface area contributed by atoms with Crippen LogP contribution in [0.1, 0.15) is 18.9 Å². The van der Waals surface area contributed by atoms with Crippen molar-refractivity contribution in [2.45, 2.75) is 19.8 Å². The maximum Gasteiger partial charge on any atom is 0.307 e. The molecule has 94 valence electrons. The Kier molecular flexibility index (Phi) is 6.55. The second kappa shape index (κ2) is 8.01. The summed E-state index contributed by atoms with van der Waals surface area (Å²) in [6.45, 7) is 2.86. The first-order valence-electron chi connectivity index (χ1n) is 5.73. The lowest BCUT2D eigenvalue weighted by Crippen LogP contribution is -2.01. The molecule has 0 bridgehead atoms. The van der Waals surface area contributed by atoms with E-state index >= 15 is 0 Å². The molecule has 0 aromatic heterocycles. The van der Waals surface area contributed by atoms with E-state index in [2.05, 4.69) is 6.92 Å². The predicted octanol–water partition coefficient (Wildman–Crippen LogP) is 2.84. The van der Waals surface area contributed by atoms with E-state index in [1.54, 1.807) is 12.1 Å². The molecule has 0 spiro atoms. The molecule has 17 heavy (non-hydrogen) atoms. The summed E-state index contributed by atoms with van der Waals surface area (Å²) >= 11 is 1.91. The highest BCUT2D eigenvalue weighted by atomic mass is 32.2. The Bertz CT molecular complexity index is 335. The Balaban J connectivity index is 2.28. The number of rotatable bonds is 8. The molecule has 0 aliphatic carbocycles. The van der Waals surface area contributed by atoms with Crippen molar-refractivity contribution in [1.29, 1.82) is 0 Å². The van der Waals surface area contributed by atoms with E-state index in [1.165, 1.54) is 0 Å². The number of hydrogen-bond acceptors (Lipinski definition) is 3. The van der Waals surface area contributed by atoms with Gasteiger partial charge >= 0.3 is 5.97 Å². The summed E-state index contributed by atoms with van der Waals surface area (Å²) in [6.07, 6.45) is 1.10. The van der Waals surface area contributed by atoms with Crippen LogP contribution in [0, 0.1) is 0 Å². The van der Waals surface area contributed by atoms with Crippen molar-refractivity contribution >= 4 is 17.7 Å². The summed E-state index contributed by atoms with van der Waals surface area (Å²) < 4.78 is 5.55. The second-order valence-electron chi connectivity index (χ2n) is 3.61. The van der Waals surface area contributed by atoms with Crippen LogP contribution in [0.5, 0.6) is 5.75 Å². The van der Waals surface area contributed by atoms with Crippen molar-refractivity contribution < 1.29 is 14.6 Å². The van der Waals surface area contributed by atoms with Gasteiger partial charge in [-0.1, -0.05) is 19.1 Å². The van der Waals surface area contributed by atoms with Crippen molar-refractivity contribution in [2.75, 3.05) is 18.1 Å². The minimum absolute atomic E-state index is 0.0629. The van der Waals surface area contributed by atoms with Crippen molar-refractivity contribution in [2.24, 2.45) is 0 Å². The summed E-state index contributed by atoms with van der Waals surface area (Å²) in [7, 11) is 0. The van der Waals surface area contributed by atoms with Gasteiger partial charge in [0.15, 0.2) is 0 Å². The lowest BCUT2D eigenvalue weighted by molar-refractivity contribution is -0.136. The van der Waals surface area contributed by atoms with Crippen molar-refractivity contribution in [3.8, 4) is 5.75 Å². The van der Waals surface area contributed by atoms with Crippen LogP contribution in [-0.2, 0) is 11.2 Å². The molecule has 1 N–H and O–H groups in total. The molecule has 0 fully saturated rings. The number of hydrogen-bond donors (Lipinski definition) is 1. The largest absolute Gasteiger partial charge is 0.494 e. The van der Waals surface area contributed by atoms with Crippen LogP contribution in [0.2, 0.25) is 0 Å². The molecule has 0 amide bonds. The Labute approximate surface area is 106 Å². The highest BCUT2D eigenvalue weighted by Gasteiger charge is 2.00. The van der Waals surface area contributed by atoms with Crippen molar-refractivity contribution in [3.05, 3.63) is 29.8 Å². The third-order valence-corrected chi connectivity index (χ3v) is 3.17. The highest BCUT2D eigenvalue weighted by Crippen LogP contribution is 2.13. The number of ether oxygens (including phenoxy) is 1. The van der Waals surface area contributed by atoms with Crippen LogP contribution in [-0.4, -0.2) is 29.2 Å². The van der Waals surface area contributed by atoms with E-state index in [0.717, 1.165) is 29.2 Å². The monoisotopic (exact) mass is 254 g/mol. The van der Waals surface area contributed by atoms with Crippen LogP contribution >= 0.6 is 11.8 Å². The Morgan fingerprint density at radius 1 is 1.35 bits per heavy atom. The molecule has 0 heterocycles. The number of carbonyl (C=O) groups is 1. The number of thioether (sulfide) groups is 1. The number of carboxylic acid groups (broad SMARTS) is 1. The minimum atomic E-state index is -0.810. The fraction of sp³-hybridized carbons (Fsp3) is 0.462. The van der Waals surface area contributed by atoms with Crippen LogP contribution in [0.4, 0.5) is 0 Å². The lowest BCUT2D eigenvalue weighted by atomic mass is 10.1. The van der Waals surface area contributed by atoms with Gasteiger partial charge in [0.2, 0.25) is 0 Å². The molecule has 1 aromatic carbocycles. The van der Waals surface area contributed by atoms with Crippen LogP contribution in [0.25, 0.3) is 0 Å². The van der Waals surface area contributed by atoms with Crippen molar-refractivity contribution in [3.63, 3.8) is 0 Å². The predicted molar refractivity (Wildman–Crippen MR) is 70.9 cm³/mol. The number of aliphatic carboxylic acids is 1. The van der Waals surface area contributed by atoms with Crippen LogP contribution in [0.15, 0.2) is 24.3 Å². The molecular formula is C13H18O3S. The maximum atomic E-state index is 10.5. The first kappa shape index (κ1) is 13.9. The zero-order valence-corrected chi connectivity index (χ0v) is 10.8. The smallest absolute Gasteiger partial charge is 0.307 e. The van der Waals surface area contributed by atoms with E-state index < -0.39 is 5.97 Å². The normalized spacial score (nSPS) is 10.2. The Morgan fingerprint density at radius 2 is 2.06 bits per heavy atom. The molecule has 4 heteroatoms. The number of benzene rings is 1. The highest BCUT2D eigenvalue weighted by molar-refractivity contribution is 7.99. The van der Waals surface area contributed by atoms with E-state index in [0.29, 0.717) is 6.61 Å². The molecule has 3 nitrogen and oxygen atoms in total. The fourth-order valence-corrected chi connectivity index (χ4v) is 1.98. The molecule has 1 rings (SSSR count). The van der Waals surface area contributed by atoms with E-state index in [1.807, 2.05) is 23.9 Å². The molecule has 0 atom stereocenters. The molecule has 0 radical (unpaired) electrons. The zero-order valence-electron chi connectivity index (χ0n) is 10.0. The first-order valence-corrected chi connectivity index (χ1v) is 6.89. The lowest BCUT2D eigenvalue weighted by Gasteiger charge is -2.06. The summed E-state index contributed by atoms with van der Waals surface area (Å²) in [6, 6.07) is 7.24. The number of carboxylic acids is 1. The molecule has 0 saturated carbocycles. The van der Waals surface area contributed by atoms with Gasteiger partial charge in [-0.25, -0.2) is 0 Å². The molecular weight excluding hydrogens is 236 g/mol. The van der Waals surface area contributed by atoms with E-state index in [9.17, 15) is 4.79 Å². The van der Waals surface area contributed by atoms with Gasteiger partial charge in [-0.15, -0.1) is 0 Å².